The molecule has 29 heteroatoms. The van der Waals surface area contributed by atoms with Crippen molar-refractivity contribution in [2.45, 2.75) is 120 Å². The van der Waals surface area contributed by atoms with Crippen LogP contribution in [0.2, 0.25) is 5.02 Å². The number of halogens is 10. The molecule has 622 valence electrons. The number of carbonyl (C=O) groups excluding carboxylic acids is 6. The van der Waals surface area contributed by atoms with Crippen molar-refractivity contribution < 1.29 is 73.0 Å². The number of amides is 5. The van der Waals surface area contributed by atoms with Crippen LogP contribution >= 0.6 is 11.6 Å². The fourth-order valence-electron chi connectivity index (χ4n) is 14.8. The van der Waals surface area contributed by atoms with Crippen LogP contribution in [0.1, 0.15) is 182 Å². The number of rotatable bonds is 17. The summed E-state index contributed by atoms with van der Waals surface area (Å²) < 4.78 is 122. The Bertz CT molecular complexity index is 6030. The van der Waals surface area contributed by atoms with Crippen LogP contribution in [0.15, 0.2) is 225 Å². The number of alkyl halides is 9. The molecule has 0 spiro atoms. The Morgan fingerprint density at radius 1 is 0.483 bits per heavy atom. The van der Waals surface area contributed by atoms with E-state index in [1.165, 1.54) is 42.0 Å². The van der Waals surface area contributed by atoms with Gasteiger partial charge < -0.3 is 55.8 Å². The lowest BCUT2D eigenvalue weighted by molar-refractivity contribution is -0.138. The van der Waals surface area contributed by atoms with Gasteiger partial charge in [0.15, 0.2) is 5.78 Å². The molecule has 3 aliphatic rings. The van der Waals surface area contributed by atoms with Gasteiger partial charge in [-0.1, -0.05) is 110 Å². The number of ketones is 1. The van der Waals surface area contributed by atoms with Crippen LogP contribution in [0.5, 0.6) is 5.75 Å². The first-order valence-electron chi connectivity index (χ1n) is 38.8. The van der Waals surface area contributed by atoms with Crippen LogP contribution in [-0.2, 0) is 35.9 Å². The van der Waals surface area contributed by atoms with E-state index in [2.05, 4.69) is 70.3 Å². The Morgan fingerprint density at radius 2 is 0.908 bits per heavy atom. The number of Topliss-reactive ketones (excluding diaryl/α,β-unsaturated/α-hetero) is 1. The molecule has 0 bridgehead atoms. The zero-order valence-corrected chi connectivity index (χ0v) is 66.8. The molecule has 1 aliphatic heterocycles. The molecule has 2 saturated carbocycles. The number of ether oxygens (including phenoxy) is 1. The van der Waals surface area contributed by atoms with Crippen molar-refractivity contribution in [3.05, 3.63) is 297 Å². The SMILES string of the molecule is CC(=O)N1CCC(C2(NC(=O)c3cc4cc(Cl)ccc4[nH]3)CC2)CC1.CC(NC(=O)c1cc2cc(C(F)(F)F)ccc2[nH]1)c1cnn(C)c1.COc1ccc2cc(C(=O)C[C@H](C)c3ccccc3)[nH]c2c1.C[C@@H](NC(=O)c1cc2cc(C(F)(F)F)ccc2[nH]1)c1ccccc1.O=C(NC1(c2ccccc2)CC1)c1cc2cc(C(F)(F)F)ccc2[nH]1. The van der Waals surface area contributed by atoms with Crippen LogP contribution in [0.4, 0.5) is 39.5 Å². The number of carbonyl (C=O) groups is 6. The van der Waals surface area contributed by atoms with Gasteiger partial charge in [0.2, 0.25) is 5.91 Å². The molecule has 8 aromatic carbocycles. The third-order valence-corrected chi connectivity index (χ3v) is 22.2. The third kappa shape index (κ3) is 20.6. The molecular formula is C91H86ClF9N12O7. The topological polar surface area (TPSA) is 260 Å². The largest absolute Gasteiger partial charge is 0.497 e. The average Bonchev–Trinajstić information content (AvgIpc) is 1.61. The van der Waals surface area contributed by atoms with E-state index in [-0.39, 0.29) is 75.6 Å². The Morgan fingerprint density at radius 3 is 1.35 bits per heavy atom. The first-order valence-corrected chi connectivity index (χ1v) is 39.2. The molecule has 19 nitrogen and oxygen atoms in total. The minimum atomic E-state index is -4.41. The van der Waals surface area contributed by atoms with Gasteiger partial charge in [-0.15, -0.1) is 0 Å². The Kier molecular flexibility index (Phi) is 25.1. The number of piperidine rings is 1. The van der Waals surface area contributed by atoms with E-state index in [1.807, 2.05) is 139 Å². The van der Waals surface area contributed by atoms with Gasteiger partial charge in [0.1, 0.15) is 28.5 Å². The first kappa shape index (κ1) is 85.0. The standard InChI is InChI=1S/C19H22ClN3O2.C19H15F3N2O.C19H19NO2.C18H15F3N2O.C16H15F3N4O/c1-12(24)23-8-4-14(5-9-23)19(6-7-19)22-18(25)17-11-13-10-15(20)2-3-16(13)21-17;20-19(21,22)14-6-7-15-12(10-14)11-16(23-15)17(25)24-18(8-9-18)13-4-2-1-3-5-13;1-13(14-6-4-3-5-7-14)10-19(21)18-11-15-8-9-16(22-2)12-17(15)20-18;1-11(12-5-3-2-4-6-12)22-17(24)16-10-13-9-14(18(19,20)21)7-8-15(13)23-16;1-9(11-7-20-23(2)8-11)21-15(24)14-6-10-5-12(16(17,18)19)3-4-13(10)22-14/h2-3,10-11,14,21H,4-9H2,1H3,(H,22,25);1-7,10-11,23H,8-9H2,(H,24,25);3-9,11-13,20H,10H2,1-2H3;2-11,23H,1H3,(H,22,24);3-9,22H,1-2H3,(H,21,24)/t;;13-;11-;/m..01./s1. The van der Waals surface area contributed by atoms with Gasteiger partial charge in [-0.3, -0.25) is 33.4 Å². The molecule has 3 fully saturated rings. The van der Waals surface area contributed by atoms with Crippen LogP contribution in [0.25, 0.3) is 54.5 Å². The Balaban J connectivity index is 0.000000130. The number of aromatic nitrogens is 7. The lowest BCUT2D eigenvalue weighted by Gasteiger charge is -2.36. The summed E-state index contributed by atoms with van der Waals surface area (Å²) in [6, 6.07) is 58.2. The number of hydrogen-bond donors (Lipinski definition) is 9. The summed E-state index contributed by atoms with van der Waals surface area (Å²) in [5, 5.41) is 19.6. The van der Waals surface area contributed by atoms with Crippen LogP contribution < -0.4 is 26.0 Å². The fourth-order valence-corrected chi connectivity index (χ4v) is 15.0. The van der Waals surface area contributed by atoms with Crippen molar-refractivity contribution in [2.75, 3.05) is 20.2 Å². The van der Waals surface area contributed by atoms with Gasteiger partial charge in [-0.2, -0.15) is 44.6 Å². The minimum Gasteiger partial charge on any atom is -0.497 e. The van der Waals surface area contributed by atoms with Crippen LogP contribution in [-0.4, -0.2) is 101 Å². The van der Waals surface area contributed by atoms with Crippen LogP contribution in [0.3, 0.4) is 0 Å². The normalized spacial score (nSPS) is 14.9. The zero-order chi connectivity index (χ0) is 85.6. The Hall–Kier alpha value is -12.9. The van der Waals surface area contributed by atoms with Gasteiger partial charge in [0.25, 0.3) is 23.6 Å². The Labute approximate surface area is 688 Å². The number of likely N-dealkylation sites (tertiary alicyclic amines) is 1. The molecule has 6 aromatic heterocycles. The monoisotopic (exact) mass is 1660 g/mol. The zero-order valence-electron chi connectivity index (χ0n) is 66.0. The van der Waals surface area contributed by atoms with Crippen molar-refractivity contribution in [2.24, 2.45) is 13.0 Å². The predicted octanol–water partition coefficient (Wildman–Crippen LogP) is 20.6. The molecule has 3 atom stereocenters. The molecule has 1 saturated heterocycles. The summed E-state index contributed by atoms with van der Waals surface area (Å²) in [7, 11) is 3.41. The second-order valence-corrected chi connectivity index (χ2v) is 30.9. The van der Waals surface area contributed by atoms with Crippen molar-refractivity contribution in [1.29, 1.82) is 0 Å². The highest BCUT2D eigenvalue weighted by Crippen LogP contribution is 2.48. The fraction of sp³-hybridized carbons (Fsp3) is 0.264. The van der Waals surface area contributed by atoms with E-state index < -0.39 is 41.1 Å². The van der Waals surface area contributed by atoms with Crippen molar-refractivity contribution in [3.8, 4) is 5.75 Å². The third-order valence-electron chi connectivity index (χ3n) is 21.9. The molecule has 1 unspecified atom stereocenters. The maximum atomic E-state index is 12.8. The van der Waals surface area contributed by atoms with Gasteiger partial charge in [-0.05, 0) is 196 Å². The first-order chi connectivity index (χ1) is 57.1. The maximum absolute atomic E-state index is 12.8. The summed E-state index contributed by atoms with van der Waals surface area (Å²) >= 11 is 6.02. The lowest BCUT2D eigenvalue weighted by Crippen LogP contribution is -2.48. The summed E-state index contributed by atoms with van der Waals surface area (Å²) in [5.41, 5.74) is 6.57. The quantitative estimate of drug-likeness (QED) is 0.0312. The minimum absolute atomic E-state index is 0.0566. The summed E-state index contributed by atoms with van der Waals surface area (Å²) in [4.78, 5) is 90.7. The summed E-state index contributed by atoms with van der Waals surface area (Å²) in [5.74, 6) is 0.583. The van der Waals surface area contributed by atoms with E-state index in [1.54, 1.807) is 45.1 Å². The average molecular weight is 1670 g/mol. The molecule has 7 heterocycles. The number of H-pyrrole nitrogens is 5. The highest BCUT2D eigenvalue weighted by atomic mass is 35.5. The molecule has 14 aromatic rings. The molecule has 120 heavy (non-hydrogen) atoms. The number of aryl methyl sites for hydroxylation is 1. The van der Waals surface area contributed by atoms with Crippen molar-refractivity contribution in [1.82, 2.24) is 60.9 Å². The van der Waals surface area contributed by atoms with E-state index in [0.29, 0.717) is 61.5 Å². The maximum Gasteiger partial charge on any atom is 0.416 e. The smallest absolute Gasteiger partial charge is 0.416 e. The molecule has 5 amide bonds. The van der Waals surface area contributed by atoms with E-state index >= 15 is 0 Å². The van der Waals surface area contributed by atoms with Gasteiger partial charge >= 0.3 is 18.5 Å². The van der Waals surface area contributed by atoms with Gasteiger partial charge in [0, 0.05) is 116 Å². The van der Waals surface area contributed by atoms with E-state index in [9.17, 15) is 68.3 Å². The molecule has 0 radical (unpaired) electrons. The number of methoxy groups -OCH3 is 1. The number of benzene rings is 8. The molecular weight excluding hydrogens is 1580 g/mol. The molecule has 17 rings (SSSR count). The molecule has 9 N–H and O–H groups in total. The van der Waals surface area contributed by atoms with Crippen molar-refractivity contribution in [3.63, 3.8) is 0 Å². The summed E-state index contributed by atoms with van der Waals surface area (Å²) in [6.07, 6.45) is -3.64. The highest BCUT2D eigenvalue weighted by molar-refractivity contribution is 6.31. The van der Waals surface area contributed by atoms with Crippen molar-refractivity contribution >= 4 is 101 Å². The van der Waals surface area contributed by atoms with E-state index in [4.69, 9.17) is 16.3 Å². The number of nitrogens with zero attached hydrogens (tertiary/aromatic N) is 3. The number of fused-ring (bicyclic) bond motifs is 5. The second-order valence-electron chi connectivity index (χ2n) is 30.5. The summed E-state index contributed by atoms with van der Waals surface area (Å²) in [6.45, 7) is 8.94. The van der Waals surface area contributed by atoms with Gasteiger partial charge in [0.05, 0.1) is 53.3 Å². The second kappa shape index (κ2) is 35.4. The lowest BCUT2D eigenvalue weighted by atomic mass is 9.87. The molecule has 2 aliphatic carbocycles. The van der Waals surface area contributed by atoms with Crippen LogP contribution in [0, 0.1) is 5.92 Å². The predicted molar refractivity (Wildman–Crippen MR) is 443 cm³/mol. The highest BCUT2D eigenvalue weighted by Gasteiger charge is 2.51. The number of aromatic amines is 5. The number of nitrogens with one attached hydrogen (secondary N) is 9. The van der Waals surface area contributed by atoms with E-state index in [0.717, 1.165) is 132 Å². The van der Waals surface area contributed by atoms with Gasteiger partial charge in [-0.25, -0.2) is 0 Å². The number of hydrogen-bond acceptors (Lipinski definition) is 8.